The Morgan fingerprint density at radius 3 is 2.84 bits per heavy atom. The number of hydrogen-bond acceptors (Lipinski definition) is 4. The standard InChI is InChI=1S/C18H24FN5O/c1-11(2)17-22-16(18(25)21-14-10-20-9-8-12(14)3)23-24(17)15-7-5-4-6-13(15)19/h4-7,11-12,14,20H,8-10H2,1-3H3,(H,21,25). The van der Waals surface area contributed by atoms with Crippen LogP contribution in [0.2, 0.25) is 0 Å². The molecule has 1 aliphatic rings. The Morgan fingerprint density at radius 1 is 1.40 bits per heavy atom. The number of nitrogens with one attached hydrogen (secondary N) is 2. The lowest BCUT2D eigenvalue weighted by Gasteiger charge is -2.29. The fourth-order valence-electron chi connectivity index (χ4n) is 3.01. The van der Waals surface area contributed by atoms with Crippen LogP contribution in [0, 0.1) is 11.7 Å². The van der Waals surface area contributed by atoms with Gasteiger partial charge in [-0.25, -0.2) is 14.1 Å². The van der Waals surface area contributed by atoms with Gasteiger partial charge in [0.2, 0.25) is 5.82 Å². The third-order valence-corrected chi connectivity index (χ3v) is 4.58. The number of carbonyl (C=O) groups excluding carboxylic acids is 1. The van der Waals surface area contributed by atoms with Crippen LogP contribution in [-0.4, -0.2) is 39.8 Å². The largest absolute Gasteiger partial charge is 0.345 e. The highest BCUT2D eigenvalue weighted by Crippen LogP contribution is 2.20. The van der Waals surface area contributed by atoms with Crippen molar-refractivity contribution in [2.75, 3.05) is 13.1 Å². The Morgan fingerprint density at radius 2 is 2.16 bits per heavy atom. The summed E-state index contributed by atoms with van der Waals surface area (Å²) in [4.78, 5) is 17.0. The van der Waals surface area contributed by atoms with Crippen LogP contribution in [0.15, 0.2) is 24.3 Å². The first-order valence-electron chi connectivity index (χ1n) is 8.70. The van der Waals surface area contributed by atoms with E-state index in [1.807, 2.05) is 13.8 Å². The number of nitrogens with zero attached hydrogens (tertiary/aromatic N) is 3. The minimum absolute atomic E-state index is 0.00364. The van der Waals surface area contributed by atoms with E-state index < -0.39 is 5.82 Å². The Balaban J connectivity index is 1.89. The number of piperidine rings is 1. The summed E-state index contributed by atoms with van der Waals surface area (Å²) in [6.45, 7) is 7.70. The minimum Gasteiger partial charge on any atom is -0.345 e. The van der Waals surface area contributed by atoms with Crippen molar-refractivity contribution in [1.82, 2.24) is 25.4 Å². The third kappa shape index (κ3) is 3.71. The van der Waals surface area contributed by atoms with E-state index in [1.54, 1.807) is 18.2 Å². The molecule has 0 spiro atoms. The quantitative estimate of drug-likeness (QED) is 0.892. The molecule has 0 aliphatic carbocycles. The van der Waals surface area contributed by atoms with Gasteiger partial charge in [0, 0.05) is 18.5 Å². The maximum absolute atomic E-state index is 14.2. The zero-order valence-electron chi connectivity index (χ0n) is 14.8. The molecule has 134 valence electrons. The van der Waals surface area contributed by atoms with E-state index in [0.29, 0.717) is 17.4 Å². The van der Waals surface area contributed by atoms with Crippen LogP contribution < -0.4 is 10.6 Å². The molecule has 2 aromatic rings. The van der Waals surface area contributed by atoms with E-state index >= 15 is 0 Å². The van der Waals surface area contributed by atoms with Crippen LogP contribution in [0.3, 0.4) is 0 Å². The summed E-state index contributed by atoms with van der Waals surface area (Å²) in [6.07, 6.45) is 1.01. The van der Waals surface area contributed by atoms with Gasteiger partial charge in [-0.1, -0.05) is 32.9 Å². The summed E-state index contributed by atoms with van der Waals surface area (Å²) >= 11 is 0. The van der Waals surface area contributed by atoms with Crippen LogP contribution in [0.25, 0.3) is 5.69 Å². The number of carbonyl (C=O) groups is 1. The zero-order chi connectivity index (χ0) is 18.0. The van der Waals surface area contributed by atoms with Crippen molar-refractivity contribution in [3.63, 3.8) is 0 Å². The normalized spacial score (nSPS) is 20.7. The molecule has 1 aliphatic heterocycles. The van der Waals surface area contributed by atoms with Gasteiger partial charge in [0.15, 0.2) is 0 Å². The first-order valence-corrected chi connectivity index (χ1v) is 8.70. The molecular formula is C18H24FN5O. The molecule has 2 heterocycles. The Bertz CT molecular complexity index is 758. The number of hydrogen-bond donors (Lipinski definition) is 2. The van der Waals surface area contributed by atoms with Crippen LogP contribution in [0.1, 0.15) is 49.6 Å². The van der Waals surface area contributed by atoms with Crippen molar-refractivity contribution in [3.05, 3.63) is 41.7 Å². The average Bonchev–Trinajstić information content (AvgIpc) is 3.03. The highest BCUT2D eigenvalue weighted by Gasteiger charge is 2.26. The van der Waals surface area contributed by atoms with Gasteiger partial charge in [0.05, 0.1) is 0 Å². The van der Waals surface area contributed by atoms with Crippen molar-refractivity contribution in [2.45, 2.75) is 39.2 Å². The lowest BCUT2D eigenvalue weighted by molar-refractivity contribution is 0.0904. The first-order chi connectivity index (χ1) is 12.0. The van der Waals surface area contributed by atoms with Crippen LogP contribution in [0.4, 0.5) is 4.39 Å². The van der Waals surface area contributed by atoms with E-state index in [2.05, 4.69) is 27.6 Å². The number of para-hydroxylation sites is 1. The summed E-state index contributed by atoms with van der Waals surface area (Å²) in [7, 11) is 0. The maximum atomic E-state index is 14.2. The number of rotatable bonds is 4. The smallest absolute Gasteiger partial charge is 0.291 e. The maximum Gasteiger partial charge on any atom is 0.291 e. The van der Waals surface area contributed by atoms with Gasteiger partial charge in [0.25, 0.3) is 5.91 Å². The molecule has 7 heteroatoms. The molecule has 1 aromatic carbocycles. The minimum atomic E-state index is -0.397. The van der Waals surface area contributed by atoms with Gasteiger partial charge in [-0.15, -0.1) is 5.10 Å². The van der Waals surface area contributed by atoms with Gasteiger partial charge < -0.3 is 10.6 Å². The molecule has 1 aromatic heterocycles. The molecule has 2 atom stereocenters. The molecule has 0 bridgehead atoms. The summed E-state index contributed by atoms with van der Waals surface area (Å²) in [5.74, 6) is 0.311. The van der Waals surface area contributed by atoms with Crippen molar-refractivity contribution in [2.24, 2.45) is 5.92 Å². The van der Waals surface area contributed by atoms with Crippen molar-refractivity contribution >= 4 is 5.91 Å². The molecule has 0 radical (unpaired) electrons. The van der Waals surface area contributed by atoms with Gasteiger partial charge in [-0.2, -0.15) is 0 Å². The molecule has 1 amide bonds. The molecule has 1 saturated heterocycles. The topological polar surface area (TPSA) is 71.8 Å². The second-order valence-corrected chi connectivity index (χ2v) is 6.86. The van der Waals surface area contributed by atoms with Gasteiger partial charge in [-0.05, 0) is 31.0 Å². The monoisotopic (exact) mass is 345 g/mol. The SMILES string of the molecule is CC(C)c1nc(C(=O)NC2CNCCC2C)nn1-c1ccccc1F. The highest BCUT2D eigenvalue weighted by molar-refractivity contribution is 5.90. The van der Waals surface area contributed by atoms with E-state index in [-0.39, 0.29) is 23.7 Å². The van der Waals surface area contributed by atoms with Crippen molar-refractivity contribution < 1.29 is 9.18 Å². The highest BCUT2D eigenvalue weighted by atomic mass is 19.1. The van der Waals surface area contributed by atoms with E-state index in [4.69, 9.17) is 0 Å². The molecule has 6 nitrogen and oxygen atoms in total. The average molecular weight is 345 g/mol. The van der Waals surface area contributed by atoms with Crippen molar-refractivity contribution in [3.8, 4) is 5.69 Å². The lowest BCUT2D eigenvalue weighted by Crippen LogP contribution is -2.50. The molecule has 2 N–H and O–H groups in total. The second kappa shape index (κ2) is 7.31. The van der Waals surface area contributed by atoms with Gasteiger partial charge >= 0.3 is 0 Å². The summed E-state index contributed by atoms with van der Waals surface area (Å²) in [5, 5.41) is 10.6. The number of halogens is 1. The second-order valence-electron chi connectivity index (χ2n) is 6.86. The Kier molecular flexibility index (Phi) is 5.13. The van der Waals surface area contributed by atoms with E-state index in [9.17, 15) is 9.18 Å². The van der Waals surface area contributed by atoms with Crippen LogP contribution >= 0.6 is 0 Å². The lowest BCUT2D eigenvalue weighted by atomic mass is 9.95. The molecule has 2 unspecified atom stereocenters. The predicted octanol–water partition coefficient (Wildman–Crippen LogP) is 2.26. The van der Waals surface area contributed by atoms with Gasteiger partial charge in [0.1, 0.15) is 17.3 Å². The predicted molar refractivity (Wildman–Crippen MR) is 93.3 cm³/mol. The molecular weight excluding hydrogens is 321 g/mol. The van der Waals surface area contributed by atoms with E-state index in [1.165, 1.54) is 10.7 Å². The fraction of sp³-hybridized carbons (Fsp3) is 0.500. The molecule has 25 heavy (non-hydrogen) atoms. The van der Waals surface area contributed by atoms with Crippen LogP contribution in [0.5, 0.6) is 0 Å². The summed E-state index contributed by atoms with van der Waals surface area (Å²) in [5.41, 5.74) is 0.297. The Hall–Kier alpha value is -2.28. The summed E-state index contributed by atoms with van der Waals surface area (Å²) in [6, 6.07) is 6.40. The molecule has 1 fully saturated rings. The fourth-order valence-corrected chi connectivity index (χ4v) is 3.01. The molecule has 3 rings (SSSR count). The zero-order valence-corrected chi connectivity index (χ0v) is 14.8. The van der Waals surface area contributed by atoms with Gasteiger partial charge in [-0.3, -0.25) is 4.79 Å². The summed E-state index contributed by atoms with van der Waals surface area (Å²) < 4.78 is 15.6. The number of benzene rings is 1. The third-order valence-electron chi connectivity index (χ3n) is 4.58. The first kappa shape index (κ1) is 17.5. The van der Waals surface area contributed by atoms with Crippen molar-refractivity contribution in [1.29, 1.82) is 0 Å². The van der Waals surface area contributed by atoms with Crippen LogP contribution in [-0.2, 0) is 0 Å². The Labute approximate surface area is 146 Å². The number of aromatic nitrogens is 3. The molecule has 0 saturated carbocycles. The van der Waals surface area contributed by atoms with E-state index in [0.717, 1.165) is 19.5 Å². The number of amides is 1.